The molecule has 1 unspecified atom stereocenters. The lowest BCUT2D eigenvalue weighted by Crippen LogP contribution is -2.44. The van der Waals surface area contributed by atoms with Gasteiger partial charge in [0, 0.05) is 17.6 Å². The van der Waals surface area contributed by atoms with Gasteiger partial charge in [0.05, 0.1) is 5.69 Å². The molecule has 5 nitrogen and oxygen atoms in total. The van der Waals surface area contributed by atoms with Crippen molar-refractivity contribution in [2.45, 2.75) is 13.0 Å². The van der Waals surface area contributed by atoms with Gasteiger partial charge in [0.25, 0.3) is 0 Å². The van der Waals surface area contributed by atoms with Crippen molar-refractivity contribution < 1.29 is 18.4 Å². The van der Waals surface area contributed by atoms with Gasteiger partial charge in [-0.05, 0) is 28.9 Å². The molecular weight excluding hydrogens is 324 g/mol. The Balaban J connectivity index is 2.80. The fourth-order valence-corrected chi connectivity index (χ4v) is 1.77. The molecule has 0 saturated carbocycles. The zero-order chi connectivity index (χ0) is 14.6. The highest BCUT2D eigenvalue weighted by Gasteiger charge is 2.18. The van der Waals surface area contributed by atoms with E-state index >= 15 is 0 Å². The number of amides is 3. The third-order valence-corrected chi connectivity index (χ3v) is 2.85. The van der Waals surface area contributed by atoms with Crippen molar-refractivity contribution in [1.82, 2.24) is 10.6 Å². The van der Waals surface area contributed by atoms with Crippen LogP contribution in [-0.4, -0.2) is 25.0 Å². The molecule has 0 spiro atoms. The van der Waals surface area contributed by atoms with Crippen LogP contribution < -0.4 is 16.0 Å². The zero-order valence-electron chi connectivity index (χ0n) is 10.2. The van der Waals surface area contributed by atoms with Crippen molar-refractivity contribution in [2.75, 3.05) is 12.4 Å². The second kappa shape index (κ2) is 6.46. The Morgan fingerprint density at radius 3 is 2.47 bits per heavy atom. The van der Waals surface area contributed by atoms with Crippen LogP contribution in [0.1, 0.15) is 6.92 Å². The van der Waals surface area contributed by atoms with Gasteiger partial charge in [0.15, 0.2) is 0 Å². The average Bonchev–Trinajstić information content (AvgIpc) is 2.32. The van der Waals surface area contributed by atoms with Crippen LogP contribution in [0.25, 0.3) is 0 Å². The number of urea groups is 1. The number of carbonyl (C=O) groups is 2. The van der Waals surface area contributed by atoms with Crippen molar-refractivity contribution in [2.24, 2.45) is 0 Å². The van der Waals surface area contributed by atoms with E-state index in [9.17, 15) is 18.4 Å². The van der Waals surface area contributed by atoms with Gasteiger partial charge >= 0.3 is 6.03 Å². The predicted octanol–water partition coefficient (Wildman–Crippen LogP) is 1.98. The Morgan fingerprint density at radius 2 is 1.95 bits per heavy atom. The van der Waals surface area contributed by atoms with Gasteiger partial charge in [-0.3, -0.25) is 10.1 Å². The van der Waals surface area contributed by atoms with E-state index in [0.717, 1.165) is 6.07 Å². The quantitative estimate of drug-likeness (QED) is 0.791. The Morgan fingerprint density at radius 1 is 1.32 bits per heavy atom. The maximum Gasteiger partial charge on any atom is 0.321 e. The maximum atomic E-state index is 13.5. The molecule has 0 aliphatic carbocycles. The first kappa shape index (κ1) is 15.4. The summed E-state index contributed by atoms with van der Waals surface area (Å²) in [6, 6.07) is 0.205. The number of hydrogen-bond donors (Lipinski definition) is 3. The summed E-state index contributed by atoms with van der Waals surface area (Å²) in [6.45, 7) is 1.44. The van der Waals surface area contributed by atoms with Crippen LogP contribution in [0.15, 0.2) is 16.6 Å². The Kier molecular flexibility index (Phi) is 5.22. The molecule has 0 aliphatic heterocycles. The second-order valence-corrected chi connectivity index (χ2v) is 4.53. The van der Waals surface area contributed by atoms with Gasteiger partial charge in [-0.1, -0.05) is 0 Å². The molecule has 3 amide bonds. The summed E-state index contributed by atoms with van der Waals surface area (Å²) >= 11 is 2.99. The molecule has 0 aromatic heterocycles. The van der Waals surface area contributed by atoms with E-state index in [2.05, 4.69) is 26.6 Å². The SMILES string of the molecule is CNC(=O)NC(=O)C(C)Nc1c(F)cc(F)cc1Br. The number of benzene rings is 1. The van der Waals surface area contributed by atoms with Gasteiger partial charge in [-0.15, -0.1) is 0 Å². The van der Waals surface area contributed by atoms with Gasteiger partial charge in [0.1, 0.15) is 17.7 Å². The molecule has 1 atom stereocenters. The maximum absolute atomic E-state index is 13.5. The van der Waals surface area contributed by atoms with Crippen LogP contribution in [-0.2, 0) is 4.79 Å². The van der Waals surface area contributed by atoms with E-state index in [1.807, 2.05) is 5.32 Å². The molecule has 0 radical (unpaired) electrons. The van der Waals surface area contributed by atoms with Crippen molar-refractivity contribution in [3.63, 3.8) is 0 Å². The molecule has 3 N–H and O–H groups in total. The van der Waals surface area contributed by atoms with E-state index in [1.54, 1.807) is 0 Å². The summed E-state index contributed by atoms with van der Waals surface area (Å²) in [5.74, 6) is -2.22. The largest absolute Gasteiger partial charge is 0.371 e. The first-order chi connectivity index (χ1) is 8.85. The average molecular weight is 336 g/mol. The summed E-state index contributed by atoms with van der Waals surface area (Å²) in [5, 5.41) is 6.80. The lowest BCUT2D eigenvalue weighted by Gasteiger charge is -2.16. The van der Waals surface area contributed by atoms with Crippen molar-refractivity contribution >= 4 is 33.6 Å². The summed E-state index contributed by atoms with van der Waals surface area (Å²) < 4.78 is 26.6. The van der Waals surface area contributed by atoms with E-state index in [1.165, 1.54) is 14.0 Å². The number of rotatable bonds is 3. The summed E-state index contributed by atoms with van der Waals surface area (Å²) in [6.07, 6.45) is 0. The van der Waals surface area contributed by atoms with Crippen molar-refractivity contribution in [1.29, 1.82) is 0 Å². The van der Waals surface area contributed by atoms with E-state index in [0.29, 0.717) is 6.07 Å². The Hall–Kier alpha value is -1.70. The zero-order valence-corrected chi connectivity index (χ0v) is 11.8. The van der Waals surface area contributed by atoms with Gasteiger partial charge in [-0.25, -0.2) is 13.6 Å². The molecule has 0 heterocycles. The minimum absolute atomic E-state index is 0.0547. The van der Waals surface area contributed by atoms with Gasteiger partial charge in [-0.2, -0.15) is 0 Å². The first-order valence-electron chi connectivity index (χ1n) is 5.28. The number of carbonyl (C=O) groups excluding carboxylic acids is 2. The molecule has 19 heavy (non-hydrogen) atoms. The fourth-order valence-electron chi connectivity index (χ4n) is 1.24. The van der Waals surface area contributed by atoms with Gasteiger partial charge in [0.2, 0.25) is 5.91 Å². The second-order valence-electron chi connectivity index (χ2n) is 3.68. The third kappa shape index (κ3) is 4.16. The Bertz CT molecular complexity index is 488. The molecule has 1 aromatic rings. The van der Waals surface area contributed by atoms with Crippen molar-refractivity contribution in [3.8, 4) is 0 Å². The summed E-state index contributed by atoms with van der Waals surface area (Å²) in [7, 11) is 1.36. The lowest BCUT2D eigenvalue weighted by molar-refractivity contribution is -0.120. The minimum Gasteiger partial charge on any atom is -0.371 e. The molecular formula is C11H12BrF2N3O2. The topological polar surface area (TPSA) is 70.2 Å². The molecule has 1 rings (SSSR count). The van der Waals surface area contributed by atoms with Crippen molar-refractivity contribution in [3.05, 3.63) is 28.2 Å². The molecule has 0 fully saturated rings. The Labute approximate surface area is 116 Å². The molecule has 1 aromatic carbocycles. The molecule has 104 valence electrons. The number of nitrogens with one attached hydrogen (secondary N) is 3. The predicted molar refractivity (Wildman–Crippen MR) is 69.7 cm³/mol. The lowest BCUT2D eigenvalue weighted by atomic mass is 10.2. The van der Waals surface area contributed by atoms with E-state index < -0.39 is 29.6 Å². The number of hydrogen-bond acceptors (Lipinski definition) is 3. The highest BCUT2D eigenvalue weighted by Crippen LogP contribution is 2.27. The highest BCUT2D eigenvalue weighted by atomic mass is 79.9. The number of imide groups is 1. The number of anilines is 1. The monoisotopic (exact) mass is 335 g/mol. The van der Waals surface area contributed by atoms with Crippen LogP contribution >= 0.6 is 15.9 Å². The van der Waals surface area contributed by atoms with E-state index in [-0.39, 0.29) is 10.2 Å². The minimum atomic E-state index is -0.881. The van der Waals surface area contributed by atoms with E-state index in [4.69, 9.17) is 0 Å². The van der Waals surface area contributed by atoms with Crippen LogP contribution in [0.4, 0.5) is 19.3 Å². The molecule has 0 saturated heterocycles. The highest BCUT2D eigenvalue weighted by molar-refractivity contribution is 9.10. The summed E-state index contributed by atoms with van der Waals surface area (Å²) in [4.78, 5) is 22.5. The third-order valence-electron chi connectivity index (χ3n) is 2.22. The molecule has 8 heteroatoms. The van der Waals surface area contributed by atoms with Gasteiger partial charge < -0.3 is 10.6 Å². The summed E-state index contributed by atoms with van der Waals surface area (Å²) in [5.41, 5.74) is -0.0547. The standard InChI is InChI=1S/C11H12BrF2N3O2/c1-5(10(18)17-11(19)15-2)16-9-7(12)3-6(13)4-8(9)14/h3-5,16H,1-2H3,(H2,15,17,18,19). The molecule has 0 aliphatic rings. The normalized spacial score (nSPS) is 11.6. The number of halogens is 3. The van der Waals surface area contributed by atoms with Crippen LogP contribution in [0.5, 0.6) is 0 Å². The van der Waals surface area contributed by atoms with Crippen LogP contribution in [0, 0.1) is 11.6 Å². The smallest absolute Gasteiger partial charge is 0.321 e. The van der Waals surface area contributed by atoms with Crippen LogP contribution in [0.2, 0.25) is 0 Å². The first-order valence-corrected chi connectivity index (χ1v) is 6.08. The van der Waals surface area contributed by atoms with Crippen LogP contribution in [0.3, 0.4) is 0 Å². The molecule has 0 bridgehead atoms. The fraction of sp³-hybridized carbons (Fsp3) is 0.273.